The van der Waals surface area contributed by atoms with Crippen molar-refractivity contribution in [3.05, 3.63) is 141 Å². The van der Waals surface area contributed by atoms with Gasteiger partial charge in [0.15, 0.2) is 0 Å². The fourth-order valence-corrected chi connectivity index (χ4v) is 18.1. The summed E-state index contributed by atoms with van der Waals surface area (Å²) >= 11 is -1.74. The first-order valence-electron chi connectivity index (χ1n) is 22.1. The monoisotopic (exact) mass is 1170 g/mol. The number of unbranched alkanes of at least 4 members (excludes halogenated alkanes) is 2. The van der Waals surface area contributed by atoms with Crippen LogP contribution in [0.1, 0.15) is 66.1 Å². The van der Waals surface area contributed by atoms with Gasteiger partial charge >= 0.3 is 415 Å². The molecule has 3 nitrogen and oxygen atoms in total. The molecule has 0 spiro atoms. The van der Waals surface area contributed by atoms with E-state index in [1.165, 1.54) is 18.1 Å². The molecule has 5 rings (SSSR count). The molecule has 5 aromatic rings. The van der Waals surface area contributed by atoms with Crippen molar-refractivity contribution in [1.29, 1.82) is 0 Å². The van der Waals surface area contributed by atoms with Crippen molar-refractivity contribution >= 4 is 56.7 Å². The molecule has 0 heterocycles. The van der Waals surface area contributed by atoms with Gasteiger partial charge in [0.25, 0.3) is 0 Å². The average molecular weight is 1170 g/mol. The Morgan fingerprint density at radius 3 is 1.54 bits per heavy atom. The molecular formula is C50H46BrF17GeO3. The zero-order valence-corrected chi connectivity index (χ0v) is 42.0. The summed E-state index contributed by atoms with van der Waals surface area (Å²) in [5.41, 5.74) is 1.34. The van der Waals surface area contributed by atoms with Crippen LogP contribution >= 0.6 is 15.9 Å². The van der Waals surface area contributed by atoms with E-state index in [2.05, 4.69) is 15.9 Å². The SMILES string of the molecule is CCCCC[C@H](OC(=O)c1c(C)cccc1Br)[C@@H](/C=[CH]/[Ge]([CH2]CC(F)(F)C(F)(F)C(F)(F)C(F)(F)C(F)(F)C(F)(F)C(F)(F)C(F)(F)F)([CH2]c1ccc2ccccc2c1)[CH2]c1ccc2ccccc2c1)OC. The zero-order chi connectivity index (χ0) is 53.9. The van der Waals surface area contributed by atoms with Gasteiger partial charge in [-0.05, 0) is 0 Å². The quantitative estimate of drug-likeness (QED) is 0.0283. The average Bonchev–Trinajstić information content (AvgIpc) is 3.30. The van der Waals surface area contributed by atoms with Crippen molar-refractivity contribution < 1.29 is 88.9 Å². The molecule has 0 N–H and O–H groups in total. The molecule has 0 bridgehead atoms. The summed E-state index contributed by atoms with van der Waals surface area (Å²) in [6.45, 7) is 3.51. The molecule has 0 fully saturated rings. The number of alkyl halides is 17. The van der Waals surface area contributed by atoms with E-state index in [-0.39, 0.29) is 22.5 Å². The van der Waals surface area contributed by atoms with Crippen LogP contribution in [0.3, 0.4) is 0 Å². The molecule has 0 unspecified atom stereocenters. The van der Waals surface area contributed by atoms with Gasteiger partial charge in [-0.15, -0.1) is 0 Å². The summed E-state index contributed by atoms with van der Waals surface area (Å²) in [5.74, 6) is -58.0. The van der Waals surface area contributed by atoms with Crippen molar-refractivity contribution in [3.63, 3.8) is 0 Å². The van der Waals surface area contributed by atoms with Crippen LogP contribution in [-0.2, 0) is 20.0 Å². The second-order valence-corrected chi connectivity index (χ2v) is 27.5. The Kier molecular flexibility index (Phi) is 17.7. The number of benzene rings is 5. The molecule has 0 aliphatic rings. The van der Waals surface area contributed by atoms with E-state index in [4.69, 9.17) is 9.47 Å². The van der Waals surface area contributed by atoms with Crippen molar-refractivity contribution in [2.75, 3.05) is 7.11 Å². The molecule has 0 saturated heterocycles. The van der Waals surface area contributed by atoms with Crippen molar-refractivity contribution in [1.82, 2.24) is 0 Å². The Morgan fingerprint density at radius 1 is 0.611 bits per heavy atom. The Morgan fingerprint density at radius 2 is 1.08 bits per heavy atom. The van der Waals surface area contributed by atoms with Gasteiger partial charge < -0.3 is 0 Å². The fraction of sp³-hybridized carbons (Fsp3) is 0.420. The molecule has 0 amide bonds. The normalized spacial score (nSPS) is 14.8. The van der Waals surface area contributed by atoms with Crippen LogP contribution in [0.2, 0.25) is 5.25 Å². The number of aryl methyl sites for hydroxylation is 1. The Labute approximate surface area is 413 Å². The fourth-order valence-electron chi connectivity index (χ4n) is 8.34. The topological polar surface area (TPSA) is 35.5 Å². The Balaban J connectivity index is 1.68. The summed E-state index contributed by atoms with van der Waals surface area (Å²) in [5, 5.41) is 0.614. The molecule has 394 valence electrons. The number of carbonyl (C=O) groups is 1. The minimum atomic E-state index is -8.74. The van der Waals surface area contributed by atoms with Crippen LogP contribution in [0.15, 0.2) is 119 Å². The molecule has 0 aromatic heterocycles. The van der Waals surface area contributed by atoms with Crippen LogP contribution in [0.5, 0.6) is 0 Å². The summed E-state index contributed by atoms with van der Waals surface area (Å²) in [6.07, 6.45) is -9.64. The van der Waals surface area contributed by atoms with E-state index in [0.717, 1.165) is 0 Å². The van der Waals surface area contributed by atoms with E-state index in [1.807, 2.05) is 6.92 Å². The van der Waals surface area contributed by atoms with E-state index >= 15 is 26.3 Å². The van der Waals surface area contributed by atoms with E-state index < -0.39 is 90.8 Å². The minimum absolute atomic E-state index is 0.132. The number of hydrogen-bond acceptors (Lipinski definition) is 3. The van der Waals surface area contributed by atoms with Crippen LogP contribution in [0.25, 0.3) is 21.5 Å². The number of carbonyl (C=O) groups excluding carboxylic acids is 1. The van der Waals surface area contributed by atoms with Gasteiger partial charge in [0.2, 0.25) is 0 Å². The molecule has 2 atom stereocenters. The molecule has 72 heavy (non-hydrogen) atoms. The maximum atomic E-state index is 16.1. The third kappa shape index (κ3) is 11.5. The third-order valence-electron chi connectivity index (χ3n) is 12.5. The molecular weight excluding hydrogens is 1120 g/mol. The predicted octanol–water partition coefficient (Wildman–Crippen LogP) is 16.7. The molecule has 0 radical (unpaired) electrons. The number of ether oxygens (including phenoxy) is 2. The van der Waals surface area contributed by atoms with Gasteiger partial charge in [-0.1, -0.05) is 0 Å². The number of rotatable bonds is 23. The Bertz CT molecular complexity index is 2610. The van der Waals surface area contributed by atoms with Crippen LogP contribution in [-0.4, -0.2) is 86.2 Å². The summed E-state index contributed by atoms with van der Waals surface area (Å²) < 4.78 is 258. The Hall–Kier alpha value is -4.38. The summed E-state index contributed by atoms with van der Waals surface area (Å²) in [7, 11) is 1.20. The van der Waals surface area contributed by atoms with Gasteiger partial charge in [-0.25, -0.2) is 0 Å². The molecule has 22 heteroatoms. The van der Waals surface area contributed by atoms with Gasteiger partial charge in [0.1, 0.15) is 0 Å². The van der Waals surface area contributed by atoms with Crippen molar-refractivity contribution in [2.45, 2.75) is 122 Å². The number of esters is 1. The second kappa shape index (κ2) is 21.8. The van der Waals surface area contributed by atoms with Gasteiger partial charge in [-0.2, -0.15) is 0 Å². The predicted molar refractivity (Wildman–Crippen MR) is 243 cm³/mol. The van der Waals surface area contributed by atoms with E-state index in [9.17, 15) is 53.1 Å². The standard InChI is InChI=1S/C50H46BrF17GeO3/c1-4-5-6-18-40(72-42(70)41-31(2)12-11-17-38(41)51)39(71-3)23-25-69(29-32-19-21-34-13-7-9-15-36(34)27-32,30-33-20-22-35-14-8-10-16-37(35)28-33)26-24-43(52,53)44(54,55)45(56,57)46(58,59)47(60,61)48(62,63)49(64,65)50(66,67)68/h7-17,19-23,25,27-28,39-40H,4-6,18,24,26,29-30H2,1-3H3/b25-23+/t39-,40+/m1/s1. The molecule has 0 aliphatic carbocycles. The summed E-state index contributed by atoms with van der Waals surface area (Å²) in [6, 6.07) is 27.8. The van der Waals surface area contributed by atoms with E-state index in [1.54, 1.807) is 110 Å². The third-order valence-corrected chi connectivity index (χ3v) is 22.3. The van der Waals surface area contributed by atoms with Gasteiger partial charge in [-0.3, -0.25) is 0 Å². The first-order chi connectivity index (χ1) is 33.2. The first kappa shape index (κ1) is 58.5. The van der Waals surface area contributed by atoms with Gasteiger partial charge in [0, 0.05) is 0 Å². The number of fused-ring (bicyclic) bond motifs is 2. The van der Waals surface area contributed by atoms with Crippen LogP contribution < -0.4 is 0 Å². The zero-order valence-electron chi connectivity index (χ0n) is 38.3. The van der Waals surface area contributed by atoms with E-state index in [0.29, 0.717) is 62.0 Å². The maximum absolute atomic E-state index is 16.1. The second-order valence-electron chi connectivity index (χ2n) is 17.7. The molecule has 5 aromatic carbocycles. The van der Waals surface area contributed by atoms with Crippen molar-refractivity contribution in [2.24, 2.45) is 0 Å². The van der Waals surface area contributed by atoms with Gasteiger partial charge in [0.05, 0.1) is 0 Å². The molecule has 0 aliphatic heterocycles. The van der Waals surface area contributed by atoms with Crippen LogP contribution in [0, 0.1) is 6.92 Å². The summed E-state index contributed by atoms with van der Waals surface area (Å²) in [4.78, 5) is 15.1. The number of halogens is 18. The van der Waals surface area contributed by atoms with Crippen molar-refractivity contribution in [3.8, 4) is 0 Å². The number of methoxy groups -OCH3 is 1. The van der Waals surface area contributed by atoms with Crippen LogP contribution in [0.4, 0.5) is 74.6 Å². The molecule has 0 saturated carbocycles. The number of hydrogen-bond donors (Lipinski definition) is 0. The first-order valence-corrected chi connectivity index (χ1v) is 28.5.